The van der Waals surface area contributed by atoms with Crippen LogP contribution in [0.4, 0.5) is 11.4 Å². The van der Waals surface area contributed by atoms with E-state index in [2.05, 4.69) is 5.32 Å². The molecule has 0 saturated heterocycles. The Labute approximate surface area is 163 Å². The Morgan fingerprint density at radius 1 is 1.26 bits per heavy atom. The van der Waals surface area contributed by atoms with E-state index >= 15 is 0 Å². The molecule has 1 heterocycles. The fourth-order valence-corrected chi connectivity index (χ4v) is 3.18. The van der Waals surface area contributed by atoms with Crippen LogP contribution in [0.25, 0.3) is 0 Å². The number of carbonyl (C=O) groups is 2. The second-order valence-electron chi connectivity index (χ2n) is 6.68. The van der Waals surface area contributed by atoms with E-state index in [0.29, 0.717) is 27.9 Å². The number of nitrogens with zero attached hydrogens (tertiary/aromatic N) is 1. The van der Waals surface area contributed by atoms with Gasteiger partial charge in [-0.1, -0.05) is 23.7 Å². The molecule has 3 rings (SSSR count). The third kappa shape index (κ3) is 4.01. The Kier molecular flexibility index (Phi) is 5.28. The quantitative estimate of drug-likeness (QED) is 0.843. The van der Waals surface area contributed by atoms with Gasteiger partial charge in [0.1, 0.15) is 11.5 Å². The lowest BCUT2D eigenvalue weighted by atomic mass is 10.0. The van der Waals surface area contributed by atoms with Gasteiger partial charge in [0.25, 0.3) is 5.91 Å². The van der Waals surface area contributed by atoms with E-state index in [1.807, 2.05) is 24.3 Å². The fraction of sp³-hybridized carbons (Fsp3) is 0.300. The van der Waals surface area contributed by atoms with E-state index < -0.39 is 5.60 Å². The minimum atomic E-state index is -0.978. The van der Waals surface area contributed by atoms with Gasteiger partial charge in [-0.05, 0) is 44.2 Å². The van der Waals surface area contributed by atoms with Crippen LogP contribution in [0.5, 0.6) is 11.5 Å². The number of para-hydroxylation sites is 2. The molecule has 0 fully saturated rings. The first kappa shape index (κ1) is 19.0. The molecular weight excluding hydrogens is 368 g/mol. The van der Waals surface area contributed by atoms with Crippen LogP contribution in [-0.2, 0) is 9.59 Å². The van der Waals surface area contributed by atoms with Crippen molar-refractivity contribution >= 4 is 34.8 Å². The van der Waals surface area contributed by atoms with Gasteiger partial charge in [-0.2, -0.15) is 0 Å². The van der Waals surface area contributed by atoms with Gasteiger partial charge in [-0.25, -0.2) is 0 Å². The van der Waals surface area contributed by atoms with Crippen LogP contribution in [-0.4, -0.2) is 31.1 Å². The Bertz CT molecular complexity index is 882. The van der Waals surface area contributed by atoms with Gasteiger partial charge in [0.15, 0.2) is 5.60 Å². The van der Waals surface area contributed by atoms with Crippen molar-refractivity contribution in [2.24, 2.45) is 0 Å². The van der Waals surface area contributed by atoms with Gasteiger partial charge in [-0.15, -0.1) is 0 Å². The zero-order valence-corrected chi connectivity index (χ0v) is 16.2. The maximum absolute atomic E-state index is 12.7. The molecule has 2 amide bonds. The summed E-state index contributed by atoms with van der Waals surface area (Å²) in [4.78, 5) is 26.7. The summed E-state index contributed by atoms with van der Waals surface area (Å²) in [6.45, 7) is 3.69. The smallest absolute Gasteiger partial charge is 0.270 e. The number of benzene rings is 2. The van der Waals surface area contributed by atoms with Crippen molar-refractivity contribution in [2.75, 3.05) is 23.9 Å². The standard InChI is InChI=1S/C20H21ClN2O4/c1-20(2)19(25)23(15-6-4-5-7-17(15)27-20)11-10-18(24)22-13-8-9-16(26-3)14(21)12-13/h4-9,12H,10-11H2,1-3H3,(H,22,24). The van der Waals surface area contributed by atoms with Crippen molar-refractivity contribution in [2.45, 2.75) is 25.9 Å². The zero-order valence-electron chi connectivity index (χ0n) is 15.4. The summed E-state index contributed by atoms with van der Waals surface area (Å²) in [6.07, 6.45) is 0.139. The minimum absolute atomic E-state index is 0.139. The van der Waals surface area contributed by atoms with Gasteiger partial charge < -0.3 is 19.7 Å². The van der Waals surface area contributed by atoms with E-state index in [-0.39, 0.29) is 24.8 Å². The molecular formula is C20H21ClN2O4. The molecule has 0 atom stereocenters. The number of halogens is 1. The third-order valence-corrected chi connectivity index (χ3v) is 4.57. The van der Waals surface area contributed by atoms with Crippen LogP contribution in [0, 0.1) is 0 Å². The lowest BCUT2D eigenvalue weighted by Gasteiger charge is -2.38. The molecule has 0 unspecified atom stereocenters. The first-order chi connectivity index (χ1) is 12.8. The molecule has 1 aliphatic heterocycles. The molecule has 0 radical (unpaired) electrons. The summed E-state index contributed by atoms with van der Waals surface area (Å²) in [5.74, 6) is 0.768. The molecule has 1 N–H and O–H groups in total. The summed E-state index contributed by atoms with van der Waals surface area (Å²) in [5.41, 5.74) is 0.260. The molecule has 0 bridgehead atoms. The number of nitrogens with one attached hydrogen (secondary N) is 1. The summed E-state index contributed by atoms with van der Waals surface area (Å²) < 4.78 is 10.9. The Morgan fingerprint density at radius 2 is 2.00 bits per heavy atom. The van der Waals surface area contributed by atoms with Crippen molar-refractivity contribution in [1.29, 1.82) is 0 Å². The number of hydrogen-bond acceptors (Lipinski definition) is 4. The fourth-order valence-electron chi connectivity index (χ4n) is 2.92. The molecule has 1 aliphatic rings. The van der Waals surface area contributed by atoms with Crippen molar-refractivity contribution in [3.63, 3.8) is 0 Å². The highest BCUT2D eigenvalue weighted by Crippen LogP contribution is 2.37. The number of carbonyl (C=O) groups excluding carboxylic acids is 2. The maximum atomic E-state index is 12.7. The molecule has 27 heavy (non-hydrogen) atoms. The maximum Gasteiger partial charge on any atom is 0.270 e. The average Bonchev–Trinajstić information content (AvgIpc) is 2.62. The summed E-state index contributed by atoms with van der Waals surface area (Å²) in [5, 5.41) is 3.20. The molecule has 142 valence electrons. The van der Waals surface area contributed by atoms with Crippen LogP contribution < -0.4 is 19.7 Å². The molecule has 6 nitrogen and oxygen atoms in total. The number of anilines is 2. The van der Waals surface area contributed by atoms with E-state index in [9.17, 15) is 9.59 Å². The molecule has 0 aliphatic carbocycles. The SMILES string of the molecule is COc1ccc(NC(=O)CCN2C(=O)C(C)(C)Oc3ccccc32)cc1Cl. The molecule has 2 aromatic carbocycles. The van der Waals surface area contributed by atoms with Gasteiger partial charge in [0.2, 0.25) is 5.91 Å². The van der Waals surface area contributed by atoms with Crippen LogP contribution in [0.3, 0.4) is 0 Å². The van der Waals surface area contributed by atoms with Crippen molar-refractivity contribution in [3.8, 4) is 11.5 Å². The van der Waals surface area contributed by atoms with Crippen molar-refractivity contribution in [1.82, 2.24) is 0 Å². The summed E-state index contributed by atoms with van der Waals surface area (Å²) in [7, 11) is 1.53. The predicted octanol–water partition coefficient (Wildman–Crippen LogP) is 3.88. The highest BCUT2D eigenvalue weighted by atomic mass is 35.5. The average molecular weight is 389 g/mol. The Balaban J connectivity index is 1.69. The zero-order chi connectivity index (χ0) is 19.6. The number of ether oxygens (including phenoxy) is 2. The van der Waals surface area contributed by atoms with Crippen molar-refractivity contribution in [3.05, 3.63) is 47.5 Å². The van der Waals surface area contributed by atoms with Crippen LogP contribution in [0.15, 0.2) is 42.5 Å². The highest BCUT2D eigenvalue weighted by molar-refractivity contribution is 6.32. The lowest BCUT2D eigenvalue weighted by Crippen LogP contribution is -2.53. The monoisotopic (exact) mass is 388 g/mol. The molecule has 0 spiro atoms. The highest BCUT2D eigenvalue weighted by Gasteiger charge is 2.40. The normalized spacial score (nSPS) is 15.0. The van der Waals surface area contributed by atoms with Gasteiger partial charge in [0, 0.05) is 18.7 Å². The number of methoxy groups -OCH3 is 1. The molecule has 0 aromatic heterocycles. The number of rotatable bonds is 5. The third-order valence-electron chi connectivity index (χ3n) is 4.28. The topological polar surface area (TPSA) is 67.9 Å². The molecule has 7 heteroatoms. The van der Waals surface area contributed by atoms with Crippen LogP contribution in [0.2, 0.25) is 5.02 Å². The number of fused-ring (bicyclic) bond motifs is 1. The van der Waals surface area contributed by atoms with E-state index in [4.69, 9.17) is 21.1 Å². The van der Waals surface area contributed by atoms with E-state index in [1.165, 1.54) is 7.11 Å². The van der Waals surface area contributed by atoms with Gasteiger partial charge in [-0.3, -0.25) is 9.59 Å². The molecule has 0 saturated carbocycles. The van der Waals surface area contributed by atoms with Gasteiger partial charge in [0.05, 0.1) is 17.8 Å². The predicted molar refractivity (Wildman–Crippen MR) is 105 cm³/mol. The van der Waals surface area contributed by atoms with E-state index in [1.54, 1.807) is 36.9 Å². The first-order valence-electron chi connectivity index (χ1n) is 8.55. The van der Waals surface area contributed by atoms with Crippen molar-refractivity contribution < 1.29 is 19.1 Å². The second kappa shape index (κ2) is 7.48. The van der Waals surface area contributed by atoms with Gasteiger partial charge >= 0.3 is 0 Å². The second-order valence-corrected chi connectivity index (χ2v) is 7.09. The van der Waals surface area contributed by atoms with Crippen LogP contribution >= 0.6 is 11.6 Å². The van der Waals surface area contributed by atoms with E-state index in [0.717, 1.165) is 0 Å². The largest absolute Gasteiger partial charge is 0.495 e. The summed E-state index contributed by atoms with van der Waals surface area (Å²) in [6, 6.07) is 12.3. The Morgan fingerprint density at radius 3 is 2.70 bits per heavy atom. The number of hydrogen-bond donors (Lipinski definition) is 1. The summed E-state index contributed by atoms with van der Waals surface area (Å²) >= 11 is 6.08. The minimum Gasteiger partial charge on any atom is -0.495 e. The molecule has 2 aromatic rings. The Hall–Kier alpha value is -2.73. The lowest BCUT2D eigenvalue weighted by molar-refractivity contribution is -0.132. The number of amides is 2. The first-order valence-corrected chi connectivity index (χ1v) is 8.93. The van der Waals surface area contributed by atoms with Crippen LogP contribution in [0.1, 0.15) is 20.3 Å².